The minimum absolute atomic E-state index is 0.316. The van der Waals surface area contributed by atoms with Crippen LogP contribution in [0.5, 0.6) is 0 Å². The van der Waals surface area contributed by atoms with E-state index in [9.17, 15) is 0 Å². The quantitative estimate of drug-likeness (QED) is 0.688. The molecular formula is C15H14O. The van der Waals surface area contributed by atoms with Crippen LogP contribution in [-0.2, 0) is 4.74 Å². The Bertz CT molecular complexity index is 512. The van der Waals surface area contributed by atoms with E-state index in [4.69, 9.17) is 4.74 Å². The lowest BCUT2D eigenvalue weighted by molar-refractivity contribution is 0.416. The van der Waals surface area contributed by atoms with Crippen molar-refractivity contribution >= 4 is 0 Å². The van der Waals surface area contributed by atoms with Crippen LogP contribution in [0.2, 0.25) is 0 Å². The average Bonchev–Trinajstić information content (AvgIpc) is 3.13. The van der Waals surface area contributed by atoms with Gasteiger partial charge >= 0.3 is 0 Å². The molecule has 0 aliphatic carbocycles. The van der Waals surface area contributed by atoms with Gasteiger partial charge in [-0.15, -0.1) is 0 Å². The summed E-state index contributed by atoms with van der Waals surface area (Å²) in [7, 11) is 0. The summed E-state index contributed by atoms with van der Waals surface area (Å²) >= 11 is 0. The minimum atomic E-state index is 0.316. The van der Waals surface area contributed by atoms with Crippen LogP contribution in [0, 0.1) is 6.92 Å². The van der Waals surface area contributed by atoms with Gasteiger partial charge in [0.1, 0.15) is 6.10 Å². The molecule has 3 rings (SSSR count). The van der Waals surface area contributed by atoms with Crippen molar-refractivity contribution in [2.45, 2.75) is 13.0 Å². The predicted octanol–water partition coefficient (Wildman–Crippen LogP) is 3.73. The summed E-state index contributed by atoms with van der Waals surface area (Å²) in [6, 6.07) is 17.1. The molecule has 1 saturated heterocycles. The highest BCUT2D eigenvalue weighted by Crippen LogP contribution is 2.36. The Kier molecular flexibility index (Phi) is 2.26. The Morgan fingerprint density at radius 2 is 1.88 bits per heavy atom. The number of aryl methyl sites for hydroxylation is 1. The molecule has 1 aliphatic rings. The third-order valence-corrected chi connectivity index (χ3v) is 2.97. The van der Waals surface area contributed by atoms with E-state index in [0.29, 0.717) is 6.10 Å². The molecule has 0 aromatic heterocycles. The van der Waals surface area contributed by atoms with Crippen molar-refractivity contribution in [3.63, 3.8) is 0 Å². The molecule has 0 bridgehead atoms. The van der Waals surface area contributed by atoms with Crippen LogP contribution in [0.25, 0.3) is 11.1 Å². The Balaban J connectivity index is 2.11. The molecule has 0 N–H and O–H groups in total. The van der Waals surface area contributed by atoms with Crippen LogP contribution < -0.4 is 0 Å². The zero-order valence-electron chi connectivity index (χ0n) is 9.31. The lowest BCUT2D eigenvalue weighted by Gasteiger charge is -2.08. The summed E-state index contributed by atoms with van der Waals surface area (Å²) in [6.07, 6.45) is 0.316. The largest absolute Gasteiger partial charge is 0.368 e. The summed E-state index contributed by atoms with van der Waals surface area (Å²) in [4.78, 5) is 0. The zero-order chi connectivity index (χ0) is 11.0. The maximum absolute atomic E-state index is 5.39. The van der Waals surface area contributed by atoms with Gasteiger partial charge in [-0.3, -0.25) is 0 Å². The molecule has 0 radical (unpaired) electrons. The third kappa shape index (κ3) is 1.74. The van der Waals surface area contributed by atoms with Gasteiger partial charge in [-0.25, -0.2) is 0 Å². The minimum Gasteiger partial charge on any atom is -0.368 e. The lowest BCUT2D eigenvalue weighted by Crippen LogP contribution is -1.87. The van der Waals surface area contributed by atoms with Gasteiger partial charge in [0.15, 0.2) is 0 Å². The second kappa shape index (κ2) is 3.76. The number of hydrogen-bond acceptors (Lipinski definition) is 1. The Labute approximate surface area is 95.7 Å². The van der Waals surface area contributed by atoms with E-state index in [1.54, 1.807) is 0 Å². The monoisotopic (exact) mass is 210 g/mol. The molecule has 0 saturated carbocycles. The van der Waals surface area contributed by atoms with Crippen LogP contribution in [0.1, 0.15) is 17.2 Å². The fourth-order valence-corrected chi connectivity index (χ4v) is 2.08. The number of benzene rings is 2. The molecule has 2 aromatic carbocycles. The van der Waals surface area contributed by atoms with E-state index in [-0.39, 0.29) is 0 Å². The van der Waals surface area contributed by atoms with Crippen molar-refractivity contribution in [2.24, 2.45) is 0 Å². The second-order valence-corrected chi connectivity index (χ2v) is 4.28. The summed E-state index contributed by atoms with van der Waals surface area (Å²) < 4.78 is 5.39. The van der Waals surface area contributed by atoms with Gasteiger partial charge in [0.2, 0.25) is 0 Å². The molecule has 2 aromatic rings. The molecule has 1 heteroatoms. The van der Waals surface area contributed by atoms with Crippen molar-refractivity contribution in [1.29, 1.82) is 0 Å². The van der Waals surface area contributed by atoms with Crippen molar-refractivity contribution < 1.29 is 4.74 Å². The summed E-state index contributed by atoms with van der Waals surface area (Å²) in [5.41, 5.74) is 5.19. The molecule has 1 aliphatic heterocycles. The first-order valence-corrected chi connectivity index (χ1v) is 5.62. The first kappa shape index (κ1) is 9.61. The highest BCUT2D eigenvalue weighted by Gasteiger charge is 2.27. The van der Waals surface area contributed by atoms with Crippen LogP contribution in [0.15, 0.2) is 48.5 Å². The fraction of sp³-hybridized carbons (Fsp3) is 0.200. The number of ether oxygens (including phenoxy) is 1. The van der Waals surface area contributed by atoms with Crippen molar-refractivity contribution in [1.82, 2.24) is 0 Å². The van der Waals surface area contributed by atoms with Gasteiger partial charge in [-0.2, -0.15) is 0 Å². The number of rotatable bonds is 2. The van der Waals surface area contributed by atoms with E-state index in [0.717, 1.165) is 6.61 Å². The Morgan fingerprint density at radius 3 is 2.62 bits per heavy atom. The molecule has 1 fully saturated rings. The van der Waals surface area contributed by atoms with E-state index in [1.165, 1.54) is 22.3 Å². The molecule has 0 amide bonds. The maximum atomic E-state index is 5.39. The first-order chi connectivity index (χ1) is 7.84. The average molecular weight is 210 g/mol. The Hall–Kier alpha value is -1.60. The number of epoxide rings is 1. The molecule has 1 nitrogen and oxygen atoms in total. The van der Waals surface area contributed by atoms with Crippen LogP contribution in [-0.4, -0.2) is 6.61 Å². The fourth-order valence-electron chi connectivity index (χ4n) is 2.08. The summed E-state index contributed by atoms with van der Waals surface area (Å²) in [5, 5.41) is 0. The van der Waals surface area contributed by atoms with Crippen LogP contribution in [0.3, 0.4) is 0 Å². The second-order valence-electron chi connectivity index (χ2n) is 4.28. The van der Waals surface area contributed by atoms with Crippen LogP contribution in [0.4, 0.5) is 0 Å². The molecule has 1 unspecified atom stereocenters. The standard InChI is InChI=1S/C15H14O/c1-11-5-4-6-12(9-11)13-7-2-3-8-14(13)15-10-16-15/h2-9,15H,10H2,1H3. The van der Waals surface area contributed by atoms with Crippen molar-refractivity contribution in [3.8, 4) is 11.1 Å². The Morgan fingerprint density at radius 1 is 1.06 bits per heavy atom. The topological polar surface area (TPSA) is 12.5 Å². The third-order valence-electron chi connectivity index (χ3n) is 2.97. The van der Waals surface area contributed by atoms with Gasteiger partial charge < -0.3 is 4.74 Å². The molecule has 1 atom stereocenters. The molecule has 80 valence electrons. The highest BCUT2D eigenvalue weighted by molar-refractivity contribution is 5.68. The molecular weight excluding hydrogens is 196 g/mol. The lowest BCUT2D eigenvalue weighted by atomic mass is 9.97. The first-order valence-electron chi connectivity index (χ1n) is 5.62. The van der Waals surface area contributed by atoms with Crippen LogP contribution >= 0.6 is 0 Å². The summed E-state index contributed by atoms with van der Waals surface area (Å²) in [5.74, 6) is 0. The summed E-state index contributed by atoms with van der Waals surface area (Å²) in [6.45, 7) is 2.99. The zero-order valence-corrected chi connectivity index (χ0v) is 9.31. The SMILES string of the molecule is Cc1cccc(-c2ccccc2C2CO2)c1. The van der Waals surface area contributed by atoms with E-state index in [2.05, 4.69) is 55.5 Å². The maximum Gasteiger partial charge on any atom is 0.107 e. The van der Waals surface area contributed by atoms with E-state index >= 15 is 0 Å². The van der Waals surface area contributed by atoms with E-state index < -0.39 is 0 Å². The highest BCUT2D eigenvalue weighted by atomic mass is 16.6. The predicted molar refractivity (Wildman–Crippen MR) is 65.3 cm³/mol. The van der Waals surface area contributed by atoms with E-state index in [1.807, 2.05) is 0 Å². The van der Waals surface area contributed by atoms with Gasteiger partial charge in [0, 0.05) is 0 Å². The van der Waals surface area contributed by atoms with Gasteiger partial charge in [0.05, 0.1) is 6.61 Å². The van der Waals surface area contributed by atoms with Gasteiger partial charge in [-0.1, -0.05) is 54.1 Å². The van der Waals surface area contributed by atoms with Crippen molar-refractivity contribution in [3.05, 3.63) is 59.7 Å². The van der Waals surface area contributed by atoms with Gasteiger partial charge in [0.25, 0.3) is 0 Å². The number of hydrogen-bond donors (Lipinski definition) is 0. The van der Waals surface area contributed by atoms with Gasteiger partial charge in [-0.05, 0) is 23.6 Å². The normalized spacial score (nSPS) is 18.4. The smallest absolute Gasteiger partial charge is 0.107 e. The van der Waals surface area contributed by atoms with Crippen molar-refractivity contribution in [2.75, 3.05) is 6.61 Å². The molecule has 16 heavy (non-hydrogen) atoms. The molecule has 1 heterocycles. The molecule has 0 spiro atoms.